The molecule has 1 aromatic rings. The molecule has 0 aromatic carbocycles. The normalized spacial score (nSPS) is 27.4. The van der Waals surface area contributed by atoms with Crippen molar-refractivity contribution in [3.05, 3.63) is 11.9 Å². The largest absolute Gasteiger partial charge is 0.351 e. The van der Waals surface area contributed by atoms with Crippen LogP contribution in [0.2, 0.25) is 0 Å². The fourth-order valence-electron chi connectivity index (χ4n) is 3.36. The SMILES string of the molecule is Cc1c(NN)ncnc1N1CC2CCCN2CC1C. The number of hydrogen-bond acceptors (Lipinski definition) is 6. The summed E-state index contributed by atoms with van der Waals surface area (Å²) in [5, 5.41) is 0. The number of anilines is 2. The molecule has 3 N–H and O–H groups in total. The Morgan fingerprint density at radius 2 is 2.21 bits per heavy atom. The highest BCUT2D eigenvalue weighted by molar-refractivity contribution is 5.58. The average molecular weight is 262 g/mol. The molecule has 2 aliphatic rings. The van der Waals surface area contributed by atoms with Crippen LogP contribution in [-0.2, 0) is 0 Å². The van der Waals surface area contributed by atoms with Gasteiger partial charge in [0.05, 0.1) is 0 Å². The van der Waals surface area contributed by atoms with Gasteiger partial charge in [-0.2, -0.15) is 0 Å². The lowest BCUT2D eigenvalue weighted by Crippen LogP contribution is -2.55. The quantitative estimate of drug-likeness (QED) is 0.605. The topological polar surface area (TPSA) is 70.3 Å². The Hall–Kier alpha value is -1.40. The number of fused-ring (bicyclic) bond motifs is 1. The number of hydrazine groups is 1. The van der Waals surface area contributed by atoms with Gasteiger partial charge in [-0.3, -0.25) is 4.90 Å². The Bertz CT molecular complexity index is 462. The van der Waals surface area contributed by atoms with Gasteiger partial charge in [0.2, 0.25) is 0 Å². The number of nitrogens with zero attached hydrogens (tertiary/aromatic N) is 4. The number of aromatic nitrogens is 2. The number of rotatable bonds is 2. The highest BCUT2D eigenvalue weighted by atomic mass is 15.3. The summed E-state index contributed by atoms with van der Waals surface area (Å²) >= 11 is 0. The number of nitrogens with one attached hydrogen (secondary N) is 1. The zero-order chi connectivity index (χ0) is 13.4. The first-order valence-electron chi connectivity index (χ1n) is 6.99. The van der Waals surface area contributed by atoms with Crippen LogP contribution in [0.1, 0.15) is 25.3 Å². The van der Waals surface area contributed by atoms with Gasteiger partial charge in [-0.05, 0) is 33.2 Å². The van der Waals surface area contributed by atoms with Gasteiger partial charge in [-0.1, -0.05) is 0 Å². The molecular weight excluding hydrogens is 240 g/mol. The van der Waals surface area contributed by atoms with Gasteiger partial charge < -0.3 is 10.3 Å². The molecule has 0 radical (unpaired) electrons. The summed E-state index contributed by atoms with van der Waals surface area (Å²) in [4.78, 5) is 13.7. The predicted molar refractivity (Wildman–Crippen MR) is 76.0 cm³/mol. The number of hydrogen-bond donors (Lipinski definition) is 2. The highest BCUT2D eigenvalue weighted by Gasteiger charge is 2.35. The lowest BCUT2D eigenvalue weighted by atomic mass is 10.1. The van der Waals surface area contributed by atoms with Gasteiger partial charge in [0.25, 0.3) is 0 Å². The van der Waals surface area contributed by atoms with Crippen LogP contribution in [0.4, 0.5) is 11.6 Å². The van der Waals surface area contributed by atoms with Crippen molar-refractivity contribution < 1.29 is 0 Å². The molecule has 1 aromatic heterocycles. The van der Waals surface area contributed by atoms with E-state index in [4.69, 9.17) is 5.84 Å². The molecule has 19 heavy (non-hydrogen) atoms. The Morgan fingerprint density at radius 1 is 1.37 bits per heavy atom. The van der Waals surface area contributed by atoms with Crippen molar-refractivity contribution in [3.8, 4) is 0 Å². The summed E-state index contributed by atoms with van der Waals surface area (Å²) in [5.74, 6) is 7.23. The first-order chi connectivity index (χ1) is 9.20. The number of piperazine rings is 1. The molecule has 0 spiro atoms. The molecule has 6 nitrogen and oxygen atoms in total. The van der Waals surface area contributed by atoms with Crippen LogP contribution >= 0.6 is 0 Å². The second-order valence-corrected chi connectivity index (χ2v) is 5.61. The highest BCUT2D eigenvalue weighted by Crippen LogP contribution is 2.30. The van der Waals surface area contributed by atoms with Crippen LogP contribution in [-0.4, -0.2) is 46.6 Å². The summed E-state index contributed by atoms with van der Waals surface area (Å²) in [7, 11) is 0. The predicted octanol–water partition coefficient (Wildman–Crippen LogP) is 0.744. The van der Waals surface area contributed by atoms with Crippen LogP contribution in [0.15, 0.2) is 6.33 Å². The molecule has 2 unspecified atom stereocenters. The van der Waals surface area contributed by atoms with E-state index in [1.807, 2.05) is 6.92 Å². The fraction of sp³-hybridized carbons (Fsp3) is 0.692. The van der Waals surface area contributed by atoms with E-state index in [2.05, 4.69) is 32.1 Å². The van der Waals surface area contributed by atoms with Gasteiger partial charge in [0.15, 0.2) is 0 Å². The third-order valence-corrected chi connectivity index (χ3v) is 4.40. The maximum Gasteiger partial charge on any atom is 0.148 e. The smallest absolute Gasteiger partial charge is 0.148 e. The second-order valence-electron chi connectivity index (χ2n) is 5.61. The van der Waals surface area contributed by atoms with Crippen LogP contribution in [0.3, 0.4) is 0 Å². The standard InChI is InChI=1S/C13H22N6/c1-9-6-18-5-3-4-11(18)7-19(9)13-10(2)12(17-14)15-8-16-13/h8-9,11H,3-7,14H2,1-2H3,(H,15,16,17). The molecule has 0 bridgehead atoms. The summed E-state index contributed by atoms with van der Waals surface area (Å²) in [5.41, 5.74) is 3.68. The molecule has 3 rings (SSSR count). The third kappa shape index (κ3) is 2.15. The van der Waals surface area contributed by atoms with E-state index in [9.17, 15) is 0 Å². The van der Waals surface area contributed by atoms with E-state index in [0.717, 1.165) is 24.5 Å². The molecule has 2 fully saturated rings. The van der Waals surface area contributed by atoms with E-state index < -0.39 is 0 Å². The van der Waals surface area contributed by atoms with E-state index in [0.29, 0.717) is 17.9 Å². The summed E-state index contributed by atoms with van der Waals surface area (Å²) < 4.78 is 0. The van der Waals surface area contributed by atoms with Gasteiger partial charge in [0.1, 0.15) is 18.0 Å². The maximum atomic E-state index is 5.50. The van der Waals surface area contributed by atoms with E-state index in [-0.39, 0.29) is 0 Å². The lowest BCUT2D eigenvalue weighted by molar-refractivity contribution is 0.202. The molecular formula is C13H22N6. The molecule has 0 saturated carbocycles. The zero-order valence-corrected chi connectivity index (χ0v) is 11.6. The van der Waals surface area contributed by atoms with Crippen LogP contribution in [0.25, 0.3) is 0 Å². The van der Waals surface area contributed by atoms with Gasteiger partial charge in [0, 0.05) is 30.7 Å². The molecule has 2 atom stereocenters. The van der Waals surface area contributed by atoms with Crippen molar-refractivity contribution in [2.75, 3.05) is 30.0 Å². The number of nitrogens with two attached hydrogens (primary N) is 1. The minimum atomic E-state index is 0.480. The van der Waals surface area contributed by atoms with E-state index >= 15 is 0 Å². The second kappa shape index (κ2) is 4.94. The van der Waals surface area contributed by atoms with E-state index in [1.54, 1.807) is 6.33 Å². The Balaban J connectivity index is 1.89. The molecule has 0 amide bonds. The van der Waals surface area contributed by atoms with Gasteiger partial charge in [-0.15, -0.1) is 0 Å². The first kappa shape index (κ1) is 12.6. The van der Waals surface area contributed by atoms with Crippen molar-refractivity contribution in [1.82, 2.24) is 14.9 Å². The third-order valence-electron chi connectivity index (χ3n) is 4.40. The monoisotopic (exact) mass is 262 g/mol. The molecule has 6 heteroatoms. The minimum Gasteiger partial charge on any atom is -0.351 e. The van der Waals surface area contributed by atoms with Crippen molar-refractivity contribution >= 4 is 11.6 Å². The maximum absolute atomic E-state index is 5.50. The summed E-state index contributed by atoms with van der Waals surface area (Å²) in [6.07, 6.45) is 4.21. The molecule has 2 saturated heterocycles. The fourth-order valence-corrected chi connectivity index (χ4v) is 3.36. The molecule has 104 valence electrons. The first-order valence-corrected chi connectivity index (χ1v) is 6.99. The number of nitrogen functional groups attached to an aromatic ring is 1. The Labute approximate surface area is 114 Å². The van der Waals surface area contributed by atoms with Crippen molar-refractivity contribution in [2.24, 2.45) is 5.84 Å². The van der Waals surface area contributed by atoms with Crippen molar-refractivity contribution in [1.29, 1.82) is 0 Å². The Morgan fingerprint density at radius 3 is 3.00 bits per heavy atom. The van der Waals surface area contributed by atoms with Gasteiger partial charge in [-0.25, -0.2) is 15.8 Å². The summed E-state index contributed by atoms with van der Waals surface area (Å²) in [6.45, 7) is 7.73. The Kier molecular flexibility index (Phi) is 3.28. The van der Waals surface area contributed by atoms with Gasteiger partial charge >= 0.3 is 0 Å². The van der Waals surface area contributed by atoms with Crippen LogP contribution in [0, 0.1) is 6.92 Å². The van der Waals surface area contributed by atoms with E-state index in [1.165, 1.54) is 19.4 Å². The molecule has 0 aliphatic carbocycles. The molecule has 2 aliphatic heterocycles. The molecule has 3 heterocycles. The lowest BCUT2D eigenvalue weighted by Gasteiger charge is -2.43. The van der Waals surface area contributed by atoms with Crippen molar-refractivity contribution in [3.63, 3.8) is 0 Å². The average Bonchev–Trinajstić information content (AvgIpc) is 2.85. The zero-order valence-electron chi connectivity index (χ0n) is 11.6. The van der Waals surface area contributed by atoms with Crippen molar-refractivity contribution in [2.45, 2.75) is 38.8 Å². The van der Waals surface area contributed by atoms with Crippen LogP contribution in [0.5, 0.6) is 0 Å². The minimum absolute atomic E-state index is 0.480. The van der Waals surface area contributed by atoms with Crippen LogP contribution < -0.4 is 16.2 Å². The summed E-state index contributed by atoms with van der Waals surface area (Å²) in [6, 6.07) is 1.16.